The Morgan fingerprint density at radius 3 is 2.34 bits per heavy atom. The van der Waals surface area contributed by atoms with Gasteiger partial charge in [-0.1, -0.05) is 36.3 Å². The second-order valence-electron chi connectivity index (χ2n) is 15.5. The number of likely N-dealkylation sites (tertiary alicyclic amines) is 1. The molecule has 2 amide bonds. The van der Waals surface area contributed by atoms with E-state index >= 15 is 0 Å². The first-order valence-corrected chi connectivity index (χ1v) is 18.4. The summed E-state index contributed by atoms with van der Waals surface area (Å²) in [4.78, 5) is 43.2. The third-order valence-electron chi connectivity index (χ3n) is 10.6. The smallest absolute Gasteiger partial charge is 0.437 e. The standard InChI is InChI=1S/C41H54N6O3/c1-26(2)50-40(49)45-39(46-19-15-32(25-46)30-13-17-42-18-14-30)44-23-29(5)36-31(24-43-37(36)33-21-27(3)20-28(4)22-33)12-16-41(6,7)38(48)47-34-8-9-35(47)11-10-34/h12-14,16-18,20-22,24,26,29,32,34-35,43H,8-11,15,19,23,25H2,1-7H3,(H,44,45,49)/b16-12+/t29-,32?,34?,35?/m1/s1. The highest BCUT2D eigenvalue weighted by Crippen LogP contribution is 2.41. The number of fused-ring (bicyclic) bond motifs is 2. The molecule has 9 nitrogen and oxygen atoms in total. The molecule has 1 aromatic carbocycles. The van der Waals surface area contributed by atoms with E-state index in [1.807, 2.05) is 40.1 Å². The van der Waals surface area contributed by atoms with Crippen molar-refractivity contribution in [2.45, 2.75) is 111 Å². The molecule has 3 aromatic rings. The van der Waals surface area contributed by atoms with E-state index in [-0.39, 0.29) is 17.9 Å². The van der Waals surface area contributed by atoms with Gasteiger partial charge in [0, 0.05) is 67.8 Å². The van der Waals surface area contributed by atoms with Gasteiger partial charge in [0.15, 0.2) is 0 Å². The highest BCUT2D eigenvalue weighted by molar-refractivity contribution is 5.91. The summed E-state index contributed by atoms with van der Waals surface area (Å²) in [7, 11) is 0. The average molecular weight is 679 g/mol. The maximum Gasteiger partial charge on any atom is 0.437 e. The minimum Gasteiger partial charge on any atom is -0.445 e. The molecule has 5 heterocycles. The van der Waals surface area contributed by atoms with Crippen LogP contribution >= 0.6 is 0 Å². The lowest BCUT2D eigenvalue weighted by molar-refractivity contribution is -0.139. The molecule has 3 fully saturated rings. The Morgan fingerprint density at radius 1 is 1.04 bits per heavy atom. The van der Waals surface area contributed by atoms with Crippen molar-refractivity contribution >= 4 is 24.0 Å². The van der Waals surface area contributed by atoms with E-state index in [4.69, 9.17) is 4.74 Å². The molecular formula is C41H54N6O3. The fourth-order valence-corrected chi connectivity index (χ4v) is 8.17. The Balaban J connectivity index is 1.27. The highest BCUT2D eigenvalue weighted by Gasteiger charge is 2.45. The van der Waals surface area contributed by atoms with Gasteiger partial charge in [-0.05, 0) is 120 Å². The van der Waals surface area contributed by atoms with Crippen molar-refractivity contribution in [3.63, 3.8) is 0 Å². The number of aliphatic imine (C=N–C) groups is 1. The number of hydrogen-bond acceptors (Lipinski definition) is 4. The monoisotopic (exact) mass is 678 g/mol. The summed E-state index contributed by atoms with van der Waals surface area (Å²) in [5, 5.41) is 3.56. The Labute approximate surface area is 297 Å². The second kappa shape index (κ2) is 14.8. The number of amides is 2. The lowest BCUT2D eigenvalue weighted by Crippen LogP contribution is -2.42. The SMILES string of the molecule is Cc1cc(C)cc(-c2[nH]cc(/C=C/C(C)(C)C(=O)N3C4CCC3CC4)c2[C@H](C)CN/C(=N\C(=O)OC(C)C)N2CCC(c3ccncc3)C2)c1. The number of carbonyl (C=O) groups is 2. The maximum absolute atomic E-state index is 13.8. The normalized spacial score (nSPS) is 21.4. The van der Waals surface area contributed by atoms with Gasteiger partial charge in [-0.25, -0.2) is 4.79 Å². The third-order valence-corrected chi connectivity index (χ3v) is 10.6. The quantitative estimate of drug-likeness (QED) is 0.176. The predicted octanol–water partition coefficient (Wildman–Crippen LogP) is 7.97. The van der Waals surface area contributed by atoms with Gasteiger partial charge in [-0.15, -0.1) is 4.99 Å². The van der Waals surface area contributed by atoms with Crippen LogP contribution in [0.5, 0.6) is 0 Å². The zero-order chi connectivity index (χ0) is 35.6. The Bertz CT molecular complexity index is 1700. The van der Waals surface area contributed by atoms with Crippen molar-refractivity contribution in [3.05, 3.63) is 82.8 Å². The number of nitrogens with zero attached hydrogens (tertiary/aromatic N) is 4. The van der Waals surface area contributed by atoms with Crippen LogP contribution in [-0.4, -0.2) is 75.5 Å². The van der Waals surface area contributed by atoms with Crippen LogP contribution in [0.2, 0.25) is 0 Å². The van der Waals surface area contributed by atoms with Crippen molar-refractivity contribution in [1.29, 1.82) is 0 Å². The number of pyridine rings is 1. The number of rotatable bonds is 9. The first kappa shape index (κ1) is 35.4. The zero-order valence-electron chi connectivity index (χ0n) is 30.8. The number of nitrogens with one attached hydrogen (secondary N) is 2. The van der Waals surface area contributed by atoms with Crippen molar-refractivity contribution in [1.82, 2.24) is 25.1 Å². The number of guanidine groups is 1. The van der Waals surface area contributed by atoms with E-state index in [1.54, 1.807) is 0 Å². The predicted molar refractivity (Wildman–Crippen MR) is 200 cm³/mol. The van der Waals surface area contributed by atoms with Crippen molar-refractivity contribution < 1.29 is 14.3 Å². The molecule has 0 spiro atoms. The van der Waals surface area contributed by atoms with Gasteiger partial charge in [0.05, 0.1) is 11.5 Å². The molecule has 0 saturated carbocycles. The largest absolute Gasteiger partial charge is 0.445 e. The van der Waals surface area contributed by atoms with Crippen LogP contribution in [0.4, 0.5) is 4.79 Å². The number of benzene rings is 1. The molecule has 266 valence electrons. The molecule has 3 saturated heterocycles. The van der Waals surface area contributed by atoms with E-state index in [2.05, 4.69) is 99.5 Å². The summed E-state index contributed by atoms with van der Waals surface area (Å²) in [6.07, 6.45) is 14.5. The summed E-state index contributed by atoms with van der Waals surface area (Å²) in [6, 6.07) is 11.5. The molecule has 9 heteroatoms. The van der Waals surface area contributed by atoms with Crippen molar-refractivity contribution in [3.8, 4) is 11.3 Å². The van der Waals surface area contributed by atoms with Crippen LogP contribution in [-0.2, 0) is 9.53 Å². The van der Waals surface area contributed by atoms with E-state index in [0.717, 1.165) is 67.6 Å². The first-order valence-electron chi connectivity index (χ1n) is 18.4. The molecule has 1 unspecified atom stereocenters. The van der Waals surface area contributed by atoms with Gasteiger partial charge in [-0.3, -0.25) is 9.78 Å². The number of carbonyl (C=O) groups excluding carboxylic acids is 2. The van der Waals surface area contributed by atoms with Gasteiger partial charge in [0.1, 0.15) is 0 Å². The fourth-order valence-electron chi connectivity index (χ4n) is 8.17. The Morgan fingerprint density at radius 2 is 1.70 bits per heavy atom. The molecule has 3 aliphatic rings. The Kier molecular flexibility index (Phi) is 10.5. The van der Waals surface area contributed by atoms with Crippen LogP contribution in [0.15, 0.2) is 60.0 Å². The highest BCUT2D eigenvalue weighted by atomic mass is 16.6. The van der Waals surface area contributed by atoms with E-state index < -0.39 is 11.5 Å². The number of H-pyrrole nitrogens is 1. The zero-order valence-corrected chi connectivity index (χ0v) is 30.8. The van der Waals surface area contributed by atoms with Gasteiger partial charge >= 0.3 is 6.09 Å². The minimum absolute atomic E-state index is 0.0230. The molecule has 0 radical (unpaired) electrons. The van der Waals surface area contributed by atoms with Crippen molar-refractivity contribution in [2.75, 3.05) is 19.6 Å². The van der Waals surface area contributed by atoms with Crippen LogP contribution in [0.1, 0.15) is 106 Å². The number of aryl methyl sites for hydroxylation is 2. The van der Waals surface area contributed by atoms with E-state index in [1.165, 1.54) is 16.7 Å². The van der Waals surface area contributed by atoms with Crippen LogP contribution < -0.4 is 5.32 Å². The van der Waals surface area contributed by atoms with Crippen LogP contribution in [0.3, 0.4) is 0 Å². The summed E-state index contributed by atoms with van der Waals surface area (Å²) < 4.78 is 5.44. The van der Waals surface area contributed by atoms with Gasteiger partial charge in [0.25, 0.3) is 0 Å². The lowest BCUT2D eigenvalue weighted by Gasteiger charge is -2.30. The summed E-state index contributed by atoms with van der Waals surface area (Å²) >= 11 is 0. The number of hydrogen-bond donors (Lipinski definition) is 2. The average Bonchev–Trinajstić information content (AvgIpc) is 3.89. The van der Waals surface area contributed by atoms with Crippen LogP contribution in [0, 0.1) is 19.3 Å². The van der Waals surface area contributed by atoms with Gasteiger partial charge < -0.3 is 24.8 Å². The second-order valence-corrected chi connectivity index (χ2v) is 15.5. The van der Waals surface area contributed by atoms with Gasteiger partial charge in [-0.2, -0.15) is 0 Å². The number of ether oxygens (including phenoxy) is 1. The molecule has 3 aliphatic heterocycles. The fraction of sp³-hybridized carbons (Fsp3) is 0.512. The number of aromatic amines is 1. The van der Waals surface area contributed by atoms with E-state index in [9.17, 15) is 9.59 Å². The lowest BCUT2D eigenvalue weighted by atomic mass is 9.88. The molecular weight excluding hydrogens is 624 g/mol. The summed E-state index contributed by atoms with van der Waals surface area (Å²) in [5.74, 6) is 1.11. The molecule has 2 aromatic heterocycles. The minimum atomic E-state index is -0.626. The third kappa shape index (κ3) is 7.82. The molecule has 0 aliphatic carbocycles. The maximum atomic E-state index is 13.8. The molecule has 2 N–H and O–H groups in total. The molecule has 50 heavy (non-hydrogen) atoms. The van der Waals surface area contributed by atoms with Crippen molar-refractivity contribution in [2.24, 2.45) is 10.4 Å². The molecule has 2 bridgehead atoms. The van der Waals surface area contributed by atoms with E-state index in [0.29, 0.717) is 30.5 Å². The number of aromatic nitrogens is 2. The first-order chi connectivity index (χ1) is 23.9. The Hall–Kier alpha value is -4.40. The molecule has 6 rings (SSSR count). The summed E-state index contributed by atoms with van der Waals surface area (Å²) in [6.45, 7) is 16.3. The van der Waals surface area contributed by atoms with Gasteiger partial charge in [0.2, 0.25) is 11.9 Å². The topological polar surface area (TPSA) is 103 Å². The molecule has 2 atom stereocenters. The van der Waals surface area contributed by atoms with Crippen LogP contribution in [0.25, 0.3) is 17.3 Å². The summed E-state index contributed by atoms with van der Waals surface area (Å²) in [5.41, 5.74) is 7.40.